The lowest BCUT2D eigenvalue weighted by atomic mass is 10.1. The van der Waals surface area contributed by atoms with Crippen LogP contribution >= 0.6 is 23.7 Å². The Balaban J connectivity index is 0.00000267. The number of aromatic amines is 1. The predicted octanol–water partition coefficient (Wildman–Crippen LogP) is 2.57. The quantitative estimate of drug-likeness (QED) is 0.405. The van der Waals surface area contributed by atoms with Gasteiger partial charge in [0.1, 0.15) is 0 Å². The molecule has 36 heavy (non-hydrogen) atoms. The molecule has 2 aliphatic rings. The molecular weight excluding hydrogens is 522 g/mol. The molecule has 0 spiro atoms. The van der Waals surface area contributed by atoms with Gasteiger partial charge in [-0.05, 0) is 12.1 Å². The zero-order valence-corrected chi connectivity index (χ0v) is 22.3. The standard InChI is InChI=1S/C23H27N7O3S2.ClH/c1-35(31,32)30-7-5-28(6-8-30)15-16-13-20-21(34-16)23(29-9-11-33-12-10-29)26-22(25-20)17-3-2-4-19-18(17)14-24-27-19;/h2-4,13-14H,5-12,15H2,1H3,(H,24,27);1H. The highest BCUT2D eigenvalue weighted by molar-refractivity contribution is 7.88. The number of fused-ring (bicyclic) bond motifs is 2. The molecule has 10 nitrogen and oxygen atoms in total. The van der Waals surface area contributed by atoms with Gasteiger partial charge in [-0.3, -0.25) is 10.00 Å². The summed E-state index contributed by atoms with van der Waals surface area (Å²) in [5, 5.41) is 8.23. The van der Waals surface area contributed by atoms with Crippen LogP contribution in [0.3, 0.4) is 0 Å². The molecule has 5 heterocycles. The molecule has 0 radical (unpaired) electrons. The number of aromatic nitrogens is 4. The molecule has 1 N–H and O–H groups in total. The van der Waals surface area contributed by atoms with Gasteiger partial charge < -0.3 is 9.64 Å². The van der Waals surface area contributed by atoms with Crippen LogP contribution in [0.15, 0.2) is 30.5 Å². The first-order chi connectivity index (χ1) is 17.0. The lowest BCUT2D eigenvalue weighted by molar-refractivity contribution is 0.122. The second-order valence-corrected chi connectivity index (χ2v) is 12.1. The third-order valence-electron chi connectivity index (χ3n) is 6.62. The number of ether oxygens (including phenoxy) is 1. The maximum absolute atomic E-state index is 11.8. The van der Waals surface area contributed by atoms with Crippen molar-refractivity contribution in [1.29, 1.82) is 0 Å². The fourth-order valence-electron chi connectivity index (χ4n) is 4.75. The summed E-state index contributed by atoms with van der Waals surface area (Å²) in [5.41, 5.74) is 2.85. The van der Waals surface area contributed by atoms with Crippen molar-refractivity contribution < 1.29 is 13.2 Å². The van der Waals surface area contributed by atoms with Crippen LogP contribution in [0, 0.1) is 0 Å². The van der Waals surface area contributed by atoms with Gasteiger partial charge in [0.05, 0.1) is 41.4 Å². The van der Waals surface area contributed by atoms with Gasteiger partial charge >= 0.3 is 0 Å². The van der Waals surface area contributed by atoms with Gasteiger partial charge in [0.2, 0.25) is 10.0 Å². The van der Waals surface area contributed by atoms with E-state index < -0.39 is 10.0 Å². The normalized spacial score (nSPS) is 18.1. The van der Waals surface area contributed by atoms with E-state index in [1.54, 1.807) is 15.6 Å². The first kappa shape index (κ1) is 25.3. The van der Waals surface area contributed by atoms with Crippen molar-refractivity contribution in [2.75, 3.05) is 63.6 Å². The molecule has 0 saturated carbocycles. The van der Waals surface area contributed by atoms with Gasteiger partial charge in [-0.1, -0.05) is 12.1 Å². The largest absolute Gasteiger partial charge is 0.378 e. The number of thiophene rings is 1. The molecule has 2 aliphatic heterocycles. The van der Waals surface area contributed by atoms with Crippen molar-refractivity contribution in [2.45, 2.75) is 6.54 Å². The van der Waals surface area contributed by atoms with E-state index in [1.807, 2.05) is 24.4 Å². The lowest BCUT2D eigenvalue weighted by Crippen LogP contribution is -2.47. The molecule has 0 unspecified atom stereocenters. The molecule has 0 bridgehead atoms. The highest BCUT2D eigenvalue weighted by Crippen LogP contribution is 2.36. The lowest BCUT2D eigenvalue weighted by Gasteiger charge is -2.32. The second-order valence-electron chi connectivity index (χ2n) is 8.97. The molecule has 3 aromatic heterocycles. The minimum absolute atomic E-state index is 0. The summed E-state index contributed by atoms with van der Waals surface area (Å²) >= 11 is 1.73. The number of piperazine rings is 1. The Morgan fingerprint density at radius 1 is 1.08 bits per heavy atom. The maximum Gasteiger partial charge on any atom is 0.211 e. The van der Waals surface area contributed by atoms with Crippen LogP contribution in [0.2, 0.25) is 0 Å². The van der Waals surface area contributed by atoms with E-state index in [1.165, 1.54) is 11.1 Å². The summed E-state index contributed by atoms with van der Waals surface area (Å²) in [6, 6.07) is 8.19. The second kappa shape index (κ2) is 10.2. The van der Waals surface area contributed by atoms with Crippen molar-refractivity contribution in [3.63, 3.8) is 0 Å². The third-order valence-corrected chi connectivity index (χ3v) is 9.03. The molecule has 1 aromatic carbocycles. The number of morpholine rings is 1. The summed E-state index contributed by atoms with van der Waals surface area (Å²) in [6.45, 7) is 6.22. The molecule has 6 rings (SSSR count). The Kier molecular flexibility index (Phi) is 7.16. The Morgan fingerprint density at radius 3 is 2.61 bits per heavy atom. The van der Waals surface area contributed by atoms with Crippen LogP contribution in [0.25, 0.3) is 32.5 Å². The third kappa shape index (κ3) is 4.93. The van der Waals surface area contributed by atoms with Crippen LogP contribution in [0.5, 0.6) is 0 Å². The molecular formula is C23H28ClN7O3S2. The molecule has 2 fully saturated rings. The number of hydrogen-bond donors (Lipinski definition) is 1. The van der Waals surface area contributed by atoms with Gasteiger partial charge in [0.25, 0.3) is 0 Å². The molecule has 2 saturated heterocycles. The summed E-state index contributed by atoms with van der Waals surface area (Å²) < 4.78 is 31.9. The van der Waals surface area contributed by atoms with Gasteiger partial charge in [-0.15, -0.1) is 23.7 Å². The SMILES string of the molecule is CS(=O)(=O)N1CCN(Cc2cc3nc(-c4cccc5[nH]ncc45)nc(N4CCOCC4)c3s2)CC1.Cl. The van der Waals surface area contributed by atoms with Crippen molar-refractivity contribution in [3.05, 3.63) is 35.3 Å². The van der Waals surface area contributed by atoms with E-state index in [9.17, 15) is 8.42 Å². The van der Waals surface area contributed by atoms with E-state index in [0.29, 0.717) is 32.1 Å². The zero-order valence-electron chi connectivity index (χ0n) is 19.9. The number of nitrogens with one attached hydrogen (secondary N) is 1. The summed E-state index contributed by atoms with van der Waals surface area (Å²) in [4.78, 5) is 15.8. The highest BCUT2D eigenvalue weighted by atomic mass is 35.5. The molecule has 0 aliphatic carbocycles. The van der Waals surface area contributed by atoms with Crippen LogP contribution in [-0.2, 0) is 21.3 Å². The minimum Gasteiger partial charge on any atom is -0.378 e. The highest BCUT2D eigenvalue weighted by Gasteiger charge is 2.25. The van der Waals surface area contributed by atoms with E-state index in [-0.39, 0.29) is 12.4 Å². The van der Waals surface area contributed by atoms with Crippen LogP contribution in [0.1, 0.15) is 4.88 Å². The Bertz CT molecular complexity index is 1480. The van der Waals surface area contributed by atoms with Gasteiger partial charge in [0, 0.05) is 61.6 Å². The average molecular weight is 550 g/mol. The van der Waals surface area contributed by atoms with E-state index in [0.717, 1.165) is 65.2 Å². The molecule has 0 amide bonds. The number of halogens is 1. The molecule has 13 heteroatoms. The Labute approximate surface area is 219 Å². The molecule has 192 valence electrons. The summed E-state index contributed by atoms with van der Waals surface area (Å²) in [7, 11) is -3.13. The van der Waals surface area contributed by atoms with Crippen molar-refractivity contribution in [1.82, 2.24) is 29.4 Å². The first-order valence-electron chi connectivity index (χ1n) is 11.7. The fourth-order valence-corrected chi connectivity index (χ4v) is 6.74. The Morgan fingerprint density at radius 2 is 1.86 bits per heavy atom. The van der Waals surface area contributed by atoms with Crippen LogP contribution in [0.4, 0.5) is 5.82 Å². The van der Waals surface area contributed by atoms with Gasteiger partial charge in [-0.25, -0.2) is 18.4 Å². The minimum atomic E-state index is -3.13. The Hall–Kier alpha value is -2.35. The number of sulfonamides is 1. The van der Waals surface area contributed by atoms with Crippen LogP contribution < -0.4 is 4.90 Å². The number of nitrogens with zero attached hydrogens (tertiary/aromatic N) is 6. The predicted molar refractivity (Wildman–Crippen MR) is 144 cm³/mol. The first-order valence-corrected chi connectivity index (χ1v) is 14.4. The van der Waals surface area contributed by atoms with E-state index >= 15 is 0 Å². The maximum atomic E-state index is 11.8. The van der Waals surface area contributed by atoms with E-state index in [2.05, 4.69) is 26.1 Å². The summed E-state index contributed by atoms with van der Waals surface area (Å²) in [5.74, 6) is 1.64. The van der Waals surface area contributed by atoms with E-state index in [4.69, 9.17) is 14.7 Å². The number of benzene rings is 1. The number of H-pyrrole nitrogens is 1. The van der Waals surface area contributed by atoms with Crippen molar-refractivity contribution in [2.24, 2.45) is 0 Å². The van der Waals surface area contributed by atoms with Gasteiger partial charge in [0.15, 0.2) is 11.6 Å². The summed E-state index contributed by atoms with van der Waals surface area (Å²) in [6.07, 6.45) is 3.10. The van der Waals surface area contributed by atoms with Gasteiger partial charge in [-0.2, -0.15) is 9.40 Å². The zero-order chi connectivity index (χ0) is 24.0. The number of hydrogen-bond acceptors (Lipinski definition) is 9. The van der Waals surface area contributed by atoms with Crippen LogP contribution in [-0.4, -0.2) is 96.5 Å². The van der Waals surface area contributed by atoms with Crippen molar-refractivity contribution in [3.8, 4) is 11.4 Å². The monoisotopic (exact) mass is 549 g/mol. The average Bonchev–Trinajstić information content (AvgIpc) is 3.50. The smallest absolute Gasteiger partial charge is 0.211 e. The van der Waals surface area contributed by atoms with Crippen molar-refractivity contribution >= 4 is 60.7 Å². The topological polar surface area (TPSA) is 108 Å². The molecule has 4 aromatic rings. The number of anilines is 1. The number of rotatable bonds is 5. The molecule has 0 atom stereocenters. The fraction of sp³-hybridized carbons (Fsp3) is 0.435.